The van der Waals surface area contributed by atoms with Gasteiger partial charge in [0.05, 0.1) is 25.3 Å². The number of ether oxygens (including phenoxy) is 2. The van der Waals surface area contributed by atoms with Crippen molar-refractivity contribution in [3.05, 3.63) is 108 Å². The molecular weight excluding hydrogens is 414 g/mol. The van der Waals surface area contributed by atoms with Crippen LogP contribution in [-0.2, 0) is 15.0 Å². The van der Waals surface area contributed by atoms with E-state index in [9.17, 15) is 9.59 Å². The molecule has 0 aliphatic rings. The lowest BCUT2D eigenvalue weighted by Gasteiger charge is -2.29. The fourth-order valence-corrected chi connectivity index (χ4v) is 3.86. The number of allylic oxidation sites excluding steroid dienone is 1. The maximum Gasteiger partial charge on any atom is 0.337 e. The van der Waals surface area contributed by atoms with Crippen molar-refractivity contribution in [1.29, 1.82) is 0 Å². The summed E-state index contributed by atoms with van der Waals surface area (Å²) >= 11 is 0. The number of carbonyl (C=O) groups is 2. The molecule has 5 nitrogen and oxygen atoms in total. The zero-order valence-corrected chi connectivity index (χ0v) is 19.2. The average Bonchev–Trinajstić information content (AvgIpc) is 2.86. The highest BCUT2D eigenvalue weighted by molar-refractivity contribution is 5.90. The van der Waals surface area contributed by atoms with Gasteiger partial charge in [0, 0.05) is 11.5 Å². The highest BCUT2D eigenvalue weighted by atomic mass is 16.5. The average molecular weight is 444 g/mol. The molecule has 0 spiro atoms. The zero-order valence-electron chi connectivity index (χ0n) is 19.2. The quantitative estimate of drug-likeness (QED) is 0.369. The van der Waals surface area contributed by atoms with Gasteiger partial charge in [-0.15, -0.1) is 6.58 Å². The molecule has 0 saturated carbocycles. The maximum atomic E-state index is 11.7. The molecule has 2 N–H and O–H groups in total. The first-order valence-corrected chi connectivity index (χ1v) is 10.7. The Labute approximate surface area is 194 Å². The van der Waals surface area contributed by atoms with Crippen molar-refractivity contribution < 1.29 is 19.1 Å². The van der Waals surface area contributed by atoms with Crippen LogP contribution >= 0.6 is 0 Å². The van der Waals surface area contributed by atoms with Crippen molar-refractivity contribution in [2.75, 3.05) is 14.2 Å². The van der Waals surface area contributed by atoms with Gasteiger partial charge in [-0.1, -0.05) is 54.6 Å². The van der Waals surface area contributed by atoms with Crippen LogP contribution in [0.1, 0.15) is 51.1 Å². The smallest absolute Gasteiger partial charge is 0.337 e. The monoisotopic (exact) mass is 443 g/mol. The molecule has 3 aromatic rings. The normalized spacial score (nSPS) is 13.5. The van der Waals surface area contributed by atoms with Crippen LogP contribution in [0.2, 0.25) is 0 Å². The van der Waals surface area contributed by atoms with Gasteiger partial charge in [0.25, 0.3) is 0 Å². The molecule has 0 fully saturated rings. The van der Waals surface area contributed by atoms with Crippen LogP contribution in [0.5, 0.6) is 0 Å². The van der Waals surface area contributed by atoms with Crippen LogP contribution in [0.15, 0.2) is 85.5 Å². The van der Waals surface area contributed by atoms with E-state index in [1.807, 2.05) is 61.5 Å². The minimum absolute atomic E-state index is 0.0252. The molecule has 0 aliphatic carbocycles. The van der Waals surface area contributed by atoms with Gasteiger partial charge in [0.15, 0.2) is 0 Å². The van der Waals surface area contributed by atoms with Gasteiger partial charge in [0.2, 0.25) is 0 Å². The summed E-state index contributed by atoms with van der Waals surface area (Å²) in [4.78, 5) is 23.3. The van der Waals surface area contributed by atoms with E-state index in [2.05, 4.69) is 6.58 Å². The van der Waals surface area contributed by atoms with E-state index in [1.165, 1.54) is 14.2 Å². The molecule has 0 bridgehead atoms. The molecule has 0 aliphatic heterocycles. The third-order valence-corrected chi connectivity index (χ3v) is 5.87. The third-order valence-electron chi connectivity index (χ3n) is 5.87. The summed E-state index contributed by atoms with van der Waals surface area (Å²) in [6.45, 7) is 5.99. The standard InChI is InChI=1S/C28H29NO4/c1-5-19(20-6-10-23(11-7-20)26(30)32-3)18-28(2,29)25-16-14-22(15-17-25)21-8-12-24(13-9-21)27(31)33-4/h5-17,19H,1,18,29H2,2-4H3. The lowest BCUT2D eigenvalue weighted by molar-refractivity contribution is 0.0592. The highest BCUT2D eigenvalue weighted by Crippen LogP contribution is 2.33. The van der Waals surface area contributed by atoms with Crippen LogP contribution in [0.25, 0.3) is 11.1 Å². The Morgan fingerprint density at radius 3 is 1.70 bits per heavy atom. The minimum Gasteiger partial charge on any atom is -0.465 e. The van der Waals surface area contributed by atoms with E-state index < -0.39 is 5.54 Å². The molecule has 2 unspecified atom stereocenters. The molecule has 2 atom stereocenters. The second kappa shape index (κ2) is 10.3. The minimum atomic E-state index is -0.590. The van der Waals surface area contributed by atoms with Crippen molar-refractivity contribution in [3.8, 4) is 11.1 Å². The molecule has 0 radical (unpaired) electrons. The van der Waals surface area contributed by atoms with Gasteiger partial charge in [0.1, 0.15) is 0 Å². The van der Waals surface area contributed by atoms with Crippen LogP contribution in [-0.4, -0.2) is 26.2 Å². The summed E-state index contributed by atoms with van der Waals surface area (Å²) in [6.07, 6.45) is 2.54. The first-order valence-electron chi connectivity index (χ1n) is 10.7. The van der Waals surface area contributed by atoms with Crippen LogP contribution < -0.4 is 5.73 Å². The molecule has 33 heavy (non-hydrogen) atoms. The molecule has 0 amide bonds. The maximum absolute atomic E-state index is 11.7. The fourth-order valence-electron chi connectivity index (χ4n) is 3.86. The SMILES string of the molecule is C=CC(CC(C)(N)c1ccc(-c2ccc(C(=O)OC)cc2)cc1)c1ccc(C(=O)OC)cc1. The lowest BCUT2D eigenvalue weighted by atomic mass is 9.80. The highest BCUT2D eigenvalue weighted by Gasteiger charge is 2.25. The van der Waals surface area contributed by atoms with Gasteiger partial charge in [-0.2, -0.15) is 0 Å². The lowest BCUT2D eigenvalue weighted by Crippen LogP contribution is -2.34. The van der Waals surface area contributed by atoms with Gasteiger partial charge in [-0.3, -0.25) is 0 Å². The molecular formula is C28H29NO4. The second-order valence-electron chi connectivity index (χ2n) is 8.22. The van der Waals surface area contributed by atoms with Crippen molar-refractivity contribution in [1.82, 2.24) is 0 Å². The Bertz CT molecular complexity index is 1110. The van der Waals surface area contributed by atoms with Crippen molar-refractivity contribution in [2.45, 2.75) is 24.8 Å². The molecule has 0 aromatic heterocycles. The van der Waals surface area contributed by atoms with Crippen LogP contribution in [0.4, 0.5) is 0 Å². The number of methoxy groups -OCH3 is 2. The van der Waals surface area contributed by atoms with E-state index in [-0.39, 0.29) is 17.9 Å². The first kappa shape index (κ1) is 24.0. The third kappa shape index (κ3) is 5.57. The Morgan fingerprint density at radius 1 is 0.848 bits per heavy atom. The number of rotatable bonds is 8. The first-order chi connectivity index (χ1) is 15.8. The molecule has 3 rings (SSSR count). The van der Waals surface area contributed by atoms with E-state index in [0.29, 0.717) is 17.5 Å². The van der Waals surface area contributed by atoms with Crippen molar-refractivity contribution in [2.24, 2.45) is 5.73 Å². The van der Waals surface area contributed by atoms with E-state index in [1.54, 1.807) is 24.3 Å². The molecule has 0 saturated heterocycles. The van der Waals surface area contributed by atoms with Gasteiger partial charge >= 0.3 is 11.9 Å². The van der Waals surface area contributed by atoms with E-state index >= 15 is 0 Å². The number of benzene rings is 3. The van der Waals surface area contributed by atoms with Gasteiger partial charge < -0.3 is 15.2 Å². The summed E-state index contributed by atoms with van der Waals surface area (Å²) in [5.74, 6) is -0.690. The topological polar surface area (TPSA) is 78.6 Å². The van der Waals surface area contributed by atoms with Gasteiger partial charge in [-0.05, 0) is 59.9 Å². The summed E-state index contributed by atoms with van der Waals surface area (Å²) in [5.41, 5.74) is 11.3. The number of esters is 2. The second-order valence-corrected chi connectivity index (χ2v) is 8.22. The van der Waals surface area contributed by atoms with Crippen molar-refractivity contribution >= 4 is 11.9 Å². The predicted octanol–water partition coefficient (Wildman–Crippen LogP) is 5.46. The summed E-state index contributed by atoms with van der Waals surface area (Å²) < 4.78 is 9.51. The van der Waals surface area contributed by atoms with Crippen molar-refractivity contribution in [3.63, 3.8) is 0 Å². The zero-order chi connectivity index (χ0) is 24.0. The van der Waals surface area contributed by atoms with Crippen LogP contribution in [0.3, 0.4) is 0 Å². The Hall–Kier alpha value is -3.70. The molecule has 170 valence electrons. The Kier molecular flexibility index (Phi) is 7.46. The molecule has 5 heteroatoms. The summed E-state index contributed by atoms with van der Waals surface area (Å²) in [6, 6.07) is 22.8. The number of hydrogen-bond acceptors (Lipinski definition) is 5. The number of nitrogens with two attached hydrogens (primary N) is 1. The fraction of sp³-hybridized carbons (Fsp3) is 0.214. The molecule has 0 heterocycles. The summed E-state index contributed by atoms with van der Waals surface area (Å²) in [5, 5.41) is 0. The number of carbonyl (C=O) groups excluding carboxylic acids is 2. The van der Waals surface area contributed by atoms with Gasteiger partial charge in [-0.25, -0.2) is 9.59 Å². The largest absolute Gasteiger partial charge is 0.465 e. The Morgan fingerprint density at radius 2 is 1.27 bits per heavy atom. The number of hydrogen-bond donors (Lipinski definition) is 1. The Balaban J connectivity index is 1.75. The molecule has 3 aromatic carbocycles. The predicted molar refractivity (Wildman–Crippen MR) is 130 cm³/mol. The van der Waals surface area contributed by atoms with E-state index in [4.69, 9.17) is 15.2 Å². The summed E-state index contributed by atoms with van der Waals surface area (Å²) in [7, 11) is 2.73. The van der Waals surface area contributed by atoms with Crippen LogP contribution in [0, 0.1) is 0 Å². The van der Waals surface area contributed by atoms with E-state index in [0.717, 1.165) is 22.3 Å².